The van der Waals surface area contributed by atoms with E-state index in [4.69, 9.17) is 9.47 Å². The van der Waals surface area contributed by atoms with Gasteiger partial charge in [-0.15, -0.1) is 0 Å². The average molecular weight is 745 g/mol. The maximum Gasteiger partial charge on any atom is 0.309 e. The fourth-order valence-electron chi connectivity index (χ4n) is 5.26. The first kappa shape index (κ1) is 45.4. The predicted molar refractivity (Wildman–Crippen MR) is 213 cm³/mol. The number of allylic oxidation sites excluding steroid dienone is 12. The summed E-state index contributed by atoms with van der Waals surface area (Å²) in [4.78, 5) is 51.0. The number of carbonyl (C=O) groups is 4. The molecule has 0 aliphatic carbocycles. The van der Waals surface area contributed by atoms with E-state index in [1.807, 2.05) is 18.2 Å². The predicted octanol–water partition coefficient (Wildman–Crippen LogP) is 6.64. The van der Waals surface area contributed by atoms with Crippen molar-refractivity contribution in [2.24, 2.45) is 11.8 Å². The zero-order chi connectivity index (χ0) is 39.3. The van der Waals surface area contributed by atoms with Gasteiger partial charge in [-0.1, -0.05) is 110 Å². The van der Waals surface area contributed by atoms with Crippen LogP contribution >= 0.6 is 0 Å². The van der Waals surface area contributed by atoms with Gasteiger partial charge in [0.25, 0.3) is 5.91 Å². The van der Waals surface area contributed by atoms with E-state index in [9.17, 15) is 29.4 Å². The van der Waals surface area contributed by atoms with E-state index < -0.39 is 29.3 Å². The van der Waals surface area contributed by atoms with Crippen LogP contribution in [-0.2, 0) is 34.3 Å². The van der Waals surface area contributed by atoms with Gasteiger partial charge in [0, 0.05) is 37.1 Å². The molecule has 0 aromatic heterocycles. The van der Waals surface area contributed by atoms with Gasteiger partial charge in [0.05, 0.1) is 25.7 Å². The number of esters is 1. The Labute approximate surface area is 321 Å². The van der Waals surface area contributed by atoms with Gasteiger partial charge >= 0.3 is 5.97 Å². The van der Waals surface area contributed by atoms with Crippen LogP contribution in [0.2, 0.25) is 0 Å². The van der Waals surface area contributed by atoms with Crippen LogP contribution in [-0.4, -0.2) is 66.7 Å². The quantitative estimate of drug-likeness (QED) is 0.0579. The molecule has 2 amide bonds. The Morgan fingerprint density at radius 1 is 0.778 bits per heavy atom. The van der Waals surface area contributed by atoms with E-state index in [0.717, 1.165) is 38.5 Å². The molecule has 0 fully saturated rings. The standard InChI is InChI=1S/C44H60N2O8/c1-3-4-5-6-7-8-9-10-11-12-13-14-15-16-17-18-19-20-24-27-41(50)45-30-28-37(43(52)53-35-36(33-47)34-48)29-31-46-42(51)39-32-40(49)44(2,54-39)38-25-22-21-23-26-38/h4-5,7-8,10-11,13-14,16-17,19-23,25-26,32,36-37,47-48H,3,6,9,12,15,18,24,27-31,33-35H2,1-2H3,(H,45,50)(H,46,51)/b5-4-,8-7-,11-10-,14-13-,17-16-,20-19-. The van der Waals surface area contributed by atoms with Crippen molar-refractivity contribution in [2.45, 2.75) is 83.7 Å². The van der Waals surface area contributed by atoms with Crippen molar-refractivity contribution in [3.63, 3.8) is 0 Å². The number of ketones is 1. The molecule has 0 saturated carbocycles. The minimum atomic E-state index is -1.31. The Balaban J connectivity index is 1.70. The second-order valence-corrected chi connectivity index (χ2v) is 13.1. The minimum absolute atomic E-state index is 0.0790. The van der Waals surface area contributed by atoms with Gasteiger partial charge in [-0.05, 0) is 64.7 Å². The first-order chi connectivity index (χ1) is 26.2. The Kier molecular flexibility index (Phi) is 23.3. The van der Waals surface area contributed by atoms with Crippen molar-refractivity contribution >= 4 is 23.6 Å². The van der Waals surface area contributed by atoms with Crippen molar-refractivity contribution in [2.75, 3.05) is 32.9 Å². The van der Waals surface area contributed by atoms with Crippen molar-refractivity contribution in [3.8, 4) is 0 Å². The molecule has 0 saturated heterocycles. The Morgan fingerprint density at radius 3 is 1.83 bits per heavy atom. The summed E-state index contributed by atoms with van der Waals surface area (Å²) in [6, 6.07) is 8.90. The average Bonchev–Trinajstić information content (AvgIpc) is 3.50. The summed E-state index contributed by atoms with van der Waals surface area (Å²) in [6.45, 7) is 3.20. The van der Waals surface area contributed by atoms with Gasteiger partial charge in [0.2, 0.25) is 11.7 Å². The number of nitrogens with one attached hydrogen (secondary N) is 2. The van der Waals surface area contributed by atoms with Gasteiger partial charge in [-0.2, -0.15) is 0 Å². The van der Waals surface area contributed by atoms with E-state index in [1.165, 1.54) is 6.08 Å². The lowest BCUT2D eigenvalue weighted by Gasteiger charge is -2.24. The number of aliphatic hydroxyl groups excluding tert-OH is 2. The second kappa shape index (κ2) is 27.8. The van der Waals surface area contributed by atoms with E-state index >= 15 is 0 Å². The third-order valence-electron chi connectivity index (χ3n) is 8.63. The Bertz CT molecular complexity index is 1490. The second-order valence-electron chi connectivity index (χ2n) is 13.1. The Hall–Kier alpha value is -4.80. The van der Waals surface area contributed by atoms with Crippen molar-refractivity contribution in [1.29, 1.82) is 0 Å². The molecule has 0 spiro atoms. The number of benzene rings is 1. The summed E-state index contributed by atoms with van der Waals surface area (Å²) in [7, 11) is 0. The lowest BCUT2D eigenvalue weighted by atomic mass is 9.92. The first-order valence-corrected chi connectivity index (χ1v) is 19.1. The van der Waals surface area contributed by atoms with Gasteiger partial charge in [0.1, 0.15) is 0 Å². The lowest BCUT2D eigenvalue weighted by Crippen LogP contribution is -2.34. The molecular formula is C44H60N2O8. The van der Waals surface area contributed by atoms with Crippen LogP contribution < -0.4 is 10.6 Å². The van der Waals surface area contributed by atoms with E-state index in [2.05, 4.69) is 78.3 Å². The molecule has 1 aliphatic heterocycles. The zero-order valence-electron chi connectivity index (χ0n) is 32.0. The summed E-state index contributed by atoms with van der Waals surface area (Å²) < 4.78 is 11.1. The third-order valence-corrected chi connectivity index (χ3v) is 8.63. The van der Waals surface area contributed by atoms with Crippen molar-refractivity contribution in [1.82, 2.24) is 10.6 Å². The Morgan fingerprint density at radius 2 is 1.30 bits per heavy atom. The van der Waals surface area contributed by atoms with Crippen LogP contribution in [0.4, 0.5) is 0 Å². The van der Waals surface area contributed by atoms with Gasteiger partial charge in [0.15, 0.2) is 11.4 Å². The number of ether oxygens (including phenoxy) is 2. The monoisotopic (exact) mass is 744 g/mol. The molecule has 294 valence electrons. The maximum atomic E-state index is 12.9. The van der Waals surface area contributed by atoms with Crippen LogP contribution in [0, 0.1) is 11.8 Å². The van der Waals surface area contributed by atoms with Crippen LogP contribution in [0.15, 0.2) is 115 Å². The molecule has 2 rings (SSSR count). The number of rotatable bonds is 27. The van der Waals surface area contributed by atoms with E-state index in [0.29, 0.717) is 18.4 Å². The molecule has 1 aliphatic rings. The topological polar surface area (TPSA) is 151 Å². The van der Waals surface area contributed by atoms with Crippen molar-refractivity contribution < 1.29 is 38.9 Å². The number of hydrogen-bond acceptors (Lipinski definition) is 8. The highest BCUT2D eigenvalue weighted by atomic mass is 16.5. The first-order valence-electron chi connectivity index (χ1n) is 19.1. The molecule has 1 aromatic rings. The molecule has 1 aromatic carbocycles. The molecule has 4 N–H and O–H groups in total. The highest BCUT2D eigenvalue weighted by molar-refractivity contribution is 6.07. The number of carbonyl (C=O) groups excluding carboxylic acids is 4. The highest BCUT2D eigenvalue weighted by Crippen LogP contribution is 2.34. The molecule has 1 heterocycles. The molecule has 10 heteroatoms. The minimum Gasteiger partial charge on any atom is -0.469 e. The molecule has 0 bridgehead atoms. The fraction of sp³-hybridized carbons (Fsp3) is 0.455. The smallest absolute Gasteiger partial charge is 0.309 e. The summed E-state index contributed by atoms with van der Waals surface area (Å²) in [5.41, 5.74) is -0.680. The highest BCUT2D eigenvalue weighted by Gasteiger charge is 2.43. The van der Waals surface area contributed by atoms with Gasteiger partial charge in [-0.3, -0.25) is 19.2 Å². The molecule has 0 radical (unpaired) electrons. The zero-order valence-corrected chi connectivity index (χ0v) is 32.0. The fourth-order valence-corrected chi connectivity index (χ4v) is 5.26. The van der Waals surface area contributed by atoms with Crippen LogP contribution in [0.25, 0.3) is 0 Å². The summed E-state index contributed by atoms with van der Waals surface area (Å²) in [6.07, 6.45) is 33.7. The van der Waals surface area contributed by atoms with Crippen LogP contribution in [0.3, 0.4) is 0 Å². The largest absolute Gasteiger partial charge is 0.469 e. The summed E-state index contributed by atoms with van der Waals surface area (Å²) >= 11 is 0. The normalized spacial score (nSPS) is 16.8. The summed E-state index contributed by atoms with van der Waals surface area (Å²) in [5, 5.41) is 24.2. The summed E-state index contributed by atoms with van der Waals surface area (Å²) in [5.74, 6) is -3.04. The number of aliphatic hydroxyl groups is 2. The van der Waals surface area contributed by atoms with Gasteiger partial charge < -0.3 is 30.3 Å². The molecule has 54 heavy (non-hydrogen) atoms. The SMILES string of the molecule is CC/C=C\C/C=C\C/C=C\C/C=C\C/C=C\C/C=C\CCC(=O)NCCC(CCNC(=O)C1=CC(=O)C(C)(c2ccccc2)O1)C(=O)OCC(CO)CO. The molecule has 10 nitrogen and oxygen atoms in total. The third kappa shape index (κ3) is 18.3. The molecule has 2 unspecified atom stereocenters. The van der Waals surface area contributed by atoms with E-state index in [1.54, 1.807) is 31.2 Å². The van der Waals surface area contributed by atoms with Crippen LogP contribution in [0.1, 0.15) is 83.6 Å². The number of amides is 2. The maximum absolute atomic E-state index is 12.9. The molecule has 2 atom stereocenters. The van der Waals surface area contributed by atoms with E-state index in [-0.39, 0.29) is 63.2 Å². The van der Waals surface area contributed by atoms with Crippen LogP contribution in [0.5, 0.6) is 0 Å². The van der Waals surface area contributed by atoms with Gasteiger partial charge in [-0.25, -0.2) is 0 Å². The lowest BCUT2D eigenvalue weighted by molar-refractivity contribution is -0.151. The number of hydrogen-bond donors (Lipinski definition) is 4. The van der Waals surface area contributed by atoms with Crippen molar-refractivity contribution in [3.05, 3.63) is 121 Å². The molecular weight excluding hydrogens is 684 g/mol.